The lowest BCUT2D eigenvalue weighted by molar-refractivity contribution is -0.133. The van der Waals surface area contributed by atoms with Crippen molar-refractivity contribution in [2.24, 2.45) is 5.92 Å². The van der Waals surface area contributed by atoms with E-state index in [0.29, 0.717) is 34.7 Å². The second-order valence-electron chi connectivity index (χ2n) is 8.19. The van der Waals surface area contributed by atoms with E-state index >= 15 is 0 Å². The maximum atomic E-state index is 13.0. The lowest BCUT2D eigenvalue weighted by atomic mass is 10.0. The van der Waals surface area contributed by atoms with Crippen LogP contribution in [0.1, 0.15) is 44.7 Å². The van der Waals surface area contributed by atoms with Gasteiger partial charge in [0.1, 0.15) is 0 Å². The third-order valence-electron chi connectivity index (χ3n) is 4.84. The van der Waals surface area contributed by atoms with E-state index in [2.05, 4.69) is 36.2 Å². The van der Waals surface area contributed by atoms with Crippen LogP contribution in [0.3, 0.4) is 0 Å². The van der Waals surface area contributed by atoms with Gasteiger partial charge in [0, 0.05) is 6.04 Å². The summed E-state index contributed by atoms with van der Waals surface area (Å²) in [5, 5.41) is 8.76. The van der Waals surface area contributed by atoms with Gasteiger partial charge in [-0.05, 0) is 49.4 Å². The molecule has 0 saturated carbocycles. The van der Waals surface area contributed by atoms with E-state index in [4.69, 9.17) is 16.0 Å². The molecule has 0 N–H and O–H groups in total. The molecule has 0 aliphatic carbocycles. The van der Waals surface area contributed by atoms with Gasteiger partial charge < -0.3 is 9.32 Å². The Balaban J connectivity index is 1.69. The minimum absolute atomic E-state index is 0.00776. The predicted octanol–water partition coefficient (Wildman–Crippen LogP) is 5.57. The highest BCUT2D eigenvalue weighted by molar-refractivity contribution is 6.33. The summed E-state index contributed by atoms with van der Waals surface area (Å²) in [6, 6.07) is 15.6. The molecule has 0 aliphatic heterocycles. The first-order valence-corrected chi connectivity index (χ1v) is 10.7. The average Bonchev–Trinajstić information content (AvgIpc) is 3.16. The van der Waals surface area contributed by atoms with Crippen molar-refractivity contribution in [3.8, 4) is 11.5 Å². The second kappa shape index (κ2) is 9.90. The van der Waals surface area contributed by atoms with Crippen LogP contribution in [0, 0.1) is 5.92 Å². The zero-order valence-corrected chi connectivity index (χ0v) is 18.7. The number of nitrogens with zero attached hydrogens (tertiary/aromatic N) is 3. The molecule has 158 valence electrons. The normalized spacial score (nSPS) is 11.3. The van der Waals surface area contributed by atoms with Crippen LogP contribution in [0.15, 0.2) is 52.9 Å². The Labute approximate surface area is 183 Å². The number of carbonyl (C=O) groups is 1. The van der Waals surface area contributed by atoms with E-state index in [1.54, 1.807) is 11.0 Å². The van der Waals surface area contributed by atoms with Crippen LogP contribution >= 0.6 is 11.6 Å². The Morgan fingerprint density at radius 2 is 1.67 bits per heavy atom. The maximum Gasteiger partial charge on any atom is 0.249 e. The fraction of sp³-hybridized carbons (Fsp3) is 0.375. The topological polar surface area (TPSA) is 59.2 Å². The molecule has 6 heteroatoms. The molecule has 0 bridgehead atoms. The molecule has 1 amide bonds. The van der Waals surface area contributed by atoms with E-state index in [9.17, 15) is 4.79 Å². The highest BCUT2D eigenvalue weighted by Crippen LogP contribution is 2.26. The third kappa shape index (κ3) is 5.70. The number of carbonyl (C=O) groups excluding carboxylic acids is 1. The van der Waals surface area contributed by atoms with Crippen LogP contribution in [0.25, 0.3) is 11.5 Å². The Bertz CT molecular complexity index is 980. The highest BCUT2D eigenvalue weighted by Gasteiger charge is 2.21. The number of rotatable bonds is 8. The van der Waals surface area contributed by atoms with Gasteiger partial charge in [-0.3, -0.25) is 4.79 Å². The minimum atomic E-state index is 0.00776. The first-order valence-electron chi connectivity index (χ1n) is 10.3. The van der Waals surface area contributed by atoms with Gasteiger partial charge in [0.15, 0.2) is 0 Å². The van der Waals surface area contributed by atoms with Crippen LogP contribution in [0.4, 0.5) is 0 Å². The van der Waals surface area contributed by atoms with Crippen LogP contribution < -0.4 is 0 Å². The molecule has 0 atom stereocenters. The number of amides is 1. The summed E-state index contributed by atoms with van der Waals surface area (Å²) in [7, 11) is 0. The van der Waals surface area contributed by atoms with Gasteiger partial charge in [-0.25, -0.2) is 0 Å². The Kier molecular flexibility index (Phi) is 7.27. The maximum absolute atomic E-state index is 13.0. The van der Waals surface area contributed by atoms with E-state index in [0.717, 1.165) is 12.0 Å². The second-order valence-corrected chi connectivity index (χ2v) is 8.59. The third-order valence-corrected chi connectivity index (χ3v) is 5.17. The smallest absolute Gasteiger partial charge is 0.249 e. The molecule has 5 nitrogen and oxygen atoms in total. The van der Waals surface area contributed by atoms with E-state index in [-0.39, 0.29) is 18.5 Å². The molecule has 0 saturated heterocycles. The summed E-state index contributed by atoms with van der Waals surface area (Å²) >= 11 is 6.21. The van der Waals surface area contributed by atoms with Crippen molar-refractivity contribution < 1.29 is 9.21 Å². The van der Waals surface area contributed by atoms with Crippen LogP contribution in [0.5, 0.6) is 0 Å². The summed E-state index contributed by atoms with van der Waals surface area (Å²) in [6.07, 6.45) is 1.38. The first-order chi connectivity index (χ1) is 14.3. The van der Waals surface area contributed by atoms with Gasteiger partial charge >= 0.3 is 0 Å². The van der Waals surface area contributed by atoms with Gasteiger partial charge in [-0.1, -0.05) is 61.8 Å². The average molecular weight is 426 g/mol. The Hall–Kier alpha value is -2.66. The minimum Gasteiger partial charge on any atom is -0.419 e. The number of aromatic nitrogens is 2. The molecular formula is C24H28ClN3O2. The molecule has 0 unspecified atom stereocenters. The molecule has 0 fully saturated rings. The van der Waals surface area contributed by atoms with Crippen LogP contribution in [-0.2, 0) is 24.2 Å². The van der Waals surface area contributed by atoms with Gasteiger partial charge in [-0.15, -0.1) is 10.2 Å². The summed E-state index contributed by atoms with van der Waals surface area (Å²) in [6.45, 7) is 8.63. The number of hydrogen-bond donors (Lipinski definition) is 0. The van der Waals surface area contributed by atoms with Crippen molar-refractivity contribution in [2.45, 2.75) is 53.1 Å². The van der Waals surface area contributed by atoms with Crippen LogP contribution in [0.2, 0.25) is 5.02 Å². The lowest BCUT2D eigenvalue weighted by Crippen LogP contribution is -2.37. The number of halogens is 1. The van der Waals surface area contributed by atoms with Gasteiger partial charge in [-0.2, -0.15) is 0 Å². The summed E-state index contributed by atoms with van der Waals surface area (Å²) in [5.74, 6) is 1.38. The zero-order valence-electron chi connectivity index (χ0n) is 17.9. The van der Waals surface area contributed by atoms with Crippen molar-refractivity contribution in [2.75, 3.05) is 0 Å². The van der Waals surface area contributed by atoms with E-state index < -0.39 is 0 Å². The summed E-state index contributed by atoms with van der Waals surface area (Å²) < 4.78 is 5.78. The Morgan fingerprint density at radius 3 is 2.30 bits per heavy atom. The van der Waals surface area contributed by atoms with Crippen molar-refractivity contribution >= 4 is 17.5 Å². The molecule has 0 aliphatic rings. The molecular weight excluding hydrogens is 398 g/mol. The lowest BCUT2D eigenvalue weighted by Gasteiger charge is -2.25. The number of benzene rings is 2. The number of hydrogen-bond acceptors (Lipinski definition) is 4. The molecule has 2 aromatic carbocycles. The van der Waals surface area contributed by atoms with E-state index in [1.165, 1.54) is 5.56 Å². The van der Waals surface area contributed by atoms with Crippen molar-refractivity contribution in [3.05, 3.63) is 70.6 Å². The van der Waals surface area contributed by atoms with Crippen molar-refractivity contribution in [1.82, 2.24) is 15.1 Å². The zero-order chi connectivity index (χ0) is 21.7. The molecule has 1 heterocycles. The standard InChI is InChI=1S/C24H28ClN3O2/c1-16(2)13-18-9-11-19(12-10-18)14-23(29)28(17(3)4)15-22-26-27-24(30-22)20-7-5-6-8-21(20)25/h5-12,16-17H,13-15H2,1-4H3. The van der Waals surface area contributed by atoms with Gasteiger partial charge in [0.05, 0.1) is 23.6 Å². The molecule has 0 spiro atoms. The van der Waals surface area contributed by atoms with Crippen molar-refractivity contribution in [3.63, 3.8) is 0 Å². The summed E-state index contributed by atoms with van der Waals surface area (Å²) in [4.78, 5) is 14.7. The monoisotopic (exact) mass is 425 g/mol. The molecule has 0 radical (unpaired) electrons. The van der Waals surface area contributed by atoms with E-state index in [1.807, 2.05) is 44.2 Å². The largest absolute Gasteiger partial charge is 0.419 e. The molecule has 3 aromatic rings. The van der Waals surface area contributed by atoms with Gasteiger partial charge in [0.2, 0.25) is 17.7 Å². The first kappa shape index (κ1) is 22.0. The van der Waals surface area contributed by atoms with Crippen molar-refractivity contribution in [1.29, 1.82) is 0 Å². The molecule has 1 aromatic heterocycles. The summed E-state index contributed by atoms with van der Waals surface area (Å²) in [5.41, 5.74) is 2.97. The fourth-order valence-corrected chi connectivity index (χ4v) is 3.52. The molecule has 3 rings (SSSR count). The Morgan fingerprint density at radius 1 is 1.00 bits per heavy atom. The quantitative estimate of drug-likeness (QED) is 0.473. The SMILES string of the molecule is CC(C)Cc1ccc(CC(=O)N(Cc2nnc(-c3ccccc3Cl)o2)C(C)C)cc1. The van der Waals surface area contributed by atoms with Crippen LogP contribution in [-0.4, -0.2) is 27.0 Å². The van der Waals surface area contributed by atoms with Gasteiger partial charge in [0.25, 0.3) is 0 Å². The highest BCUT2D eigenvalue weighted by atomic mass is 35.5. The predicted molar refractivity (Wildman–Crippen MR) is 119 cm³/mol. The molecule has 30 heavy (non-hydrogen) atoms. The fourth-order valence-electron chi connectivity index (χ4n) is 3.31.